The maximum atomic E-state index is 12.7. The number of hydrogen-bond acceptors (Lipinski definition) is 4. The number of thioether (sulfide) groups is 1. The van der Waals surface area contributed by atoms with Crippen LogP contribution in [0.3, 0.4) is 0 Å². The van der Waals surface area contributed by atoms with E-state index in [-0.39, 0.29) is 11.2 Å². The van der Waals surface area contributed by atoms with Gasteiger partial charge in [-0.3, -0.25) is 9.36 Å². The van der Waals surface area contributed by atoms with Crippen LogP contribution in [0.2, 0.25) is 5.02 Å². The summed E-state index contributed by atoms with van der Waals surface area (Å²) in [5.41, 5.74) is 1.72. The fourth-order valence-electron chi connectivity index (χ4n) is 2.37. The second kappa shape index (κ2) is 7.72. The van der Waals surface area contributed by atoms with Crippen molar-refractivity contribution in [3.05, 3.63) is 65.9 Å². The van der Waals surface area contributed by atoms with Gasteiger partial charge in [0.05, 0.1) is 10.9 Å². The summed E-state index contributed by atoms with van der Waals surface area (Å²) in [5.74, 6) is -0.00292. The molecule has 7 heteroatoms. The van der Waals surface area contributed by atoms with Crippen LogP contribution in [0.25, 0.3) is 5.69 Å². The topological polar surface area (TPSA) is 51.0 Å². The Morgan fingerprint density at radius 3 is 2.68 bits per heavy atom. The number of carbonyl (C=O) groups excluding carboxylic acids is 1. The zero-order valence-corrected chi connectivity index (χ0v) is 15.4. The molecule has 0 fully saturated rings. The zero-order valence-electron chi connectivity index (χ0n) is 13.8. The first-order valence-corrected chi connectivity index (χ1v) is 8.97. The molecule has 2 aromatic carbocycles. The second-order valence-electron chi connectivity index (χ2n) is 5.46. The first-order chi connectivity index (χ1) is 12.1. The minimum atomic E-state index is -0.313. The van der Waals surface area contributed by atoms with E-state index < -0.39 is 0 Å². The van der Waals surface area contributed by atoms with Crippen molar-refractivity contribution in [1.82, 2.24) is 14.8 Å². The quantitative estimate of drug-likeness (QED) is 0.633. The molecular formula is C18H17ClN4OS. The minimum Gasteiger partial charge on any atom is -0.315 e. The summed E-state index contributed by atoms with van der Waals surface area (Å²) in [5, 5.41) is 9.07. The standard InChI is InChI=1S/C18H17ClN4OS/c1-13(17(24)22(2)15-8-4-3-5-9-15)25-18-21-20-12-23(18)16-10-6-7-14(19)11-16/h3-13H,1-2H3/t13-/m0/s1. The summed E-state index contributed by atoms with van der Waals surface area (Å²) < 4.78 is 1.82. The van der Waals surface area contributed by atoms with Gasteiger partial charge in [-0.2, -0.15) is 0 Å². The zero-order chi connectivity index (χ0) is 17.8. The first kappa shape index (κ1) is 17.5. The lowest BCUT2D eigenvalue weighted by Gasteiger charge is -2.21. The third-order valence-corrected chi connectivity index (χ3v) is 4.99. The Balaban J connectivity index is 1.77. The van der Waals surface area contributed by atoms with Crippen molar-refractivity contribution in [2.45, 2.75) is 17.3 Å². The highest BCUT2D eigenvalue weighted by molar-refractivity contribution is 8.00. The van der Waals surface area contributed by atoms with Crippen molar-refractivity contribution in [2.75, 3.05) is 11.9 Å². The molecule has 3 rings (SSSR count). The van der Waals surface area contributed by atoms with E-state index in [4.69, 9.17) is 11.6 Å². The molecule has 5 nitrogen and oxygen atoms in total. The van der Waals surface area contributed by atoms with Crippen LogP contribution < -0.4 is 4.90 Å². The van der Waals surface area contributed by atoms with Crippen molar-refractivity contribution < 1.29 is 4.79 Å². The maximum absolute atomic E-state index is 12.7. The Kier molecular flexibility index (Phi) is 5.40. The number of para-hydroxylation sites is 1. The van der Waals surface area contributed by atoms with E-state index in [1.54, 1.807) is 18.3 Å². The molecule has 0 spiro atoms. The van der Waals surface area contributed by atoms with Crippen LogP contribution in [0.4, 0.5) is 5.69 Å². The highest BCUT2D eigenvalue weighted by atomic mass is 35.5. The fourth-order valence-corrected chi connectivity index (χ4v) is 3.49. The van der Waals surface area contributed by atoms with E-state index in [2.05, 4.69) is 10.2 Å². The average molecular weight is 373 g/mol. The van der Waals surface area contributed by atoms with Gasteiger partial charge in [0.15, 0.2) is 5.16 Å². The fraction of sp³-hybridized carbons (Fsp3) is 0.167. The molecule has 128 valence electrons. The summed E-state index contributed by atoms with van der Waals surface area (Å²) in [6, 6.07) is 17.0. The predicted molar refractivity (Wildman–Crippen MR) is 102 cm³/mol. The number of amides is 1. The monoisotopic (exact) mass is 372 g/mol. The van der Waals surface area contributed by atoms with Gasteiger partial charge in [0, 0.05) is 17.8 Å². The lowest BCUT2D eigenvalue weighted by molar-refractivity contribution is -0.117. The molecule has 3 aromatic rings. The molecule has 0 unspecified atom stereocenters. The van der Waals surface area contributed by atoms with Crippen molar-refractivity contribution >= 4 is 35.0 Å². The van der Waals surface area contributed by atoms with Crippen molar-refractivity contribution in [3.8, 4) is 5.69 Å². The van der Waals surface area contributed by atoms with Crippen LogP contribution in [0.1, 0.15) is 6.92 Å². The van der Waals surface area contributed by atoms with Crippen LogP contribution in [0, 0.1) is 0 Å². The highest BCUT2D eigenvalue weighted by Crippen LogP contribution is 2.27. The van der Waals surface area contributed by atoms with Gasteiger partial charge < -0.3 is 4.90 Å². The molecule has 1 heterocycles. The summed E-state index contributed by atoms with van der Waals surface area (Å²) >= 11 is 7.42. The highest BCUT2D eigenvalue weighted by Gasteiger charge is 2.22. The average Bonchev–Trinajstić information content (AvgIpc) is 3.09. The molecule has 0 saturated heterocycles. The SMILES string of the molecule is C[C@H](Sc1nncn1-c1cccc(Cl)c1)C(=O)N(C)c1ccccc1. The van der Waals surface area contributed by atoms with Gasteiger partial charge in [0.1, 0.15) is 6.33 Å². The van der Waals surface area contributed by atoms with E-state index >= 15 is 0 Å². The maximum Gasteiger partial charge on any atom is 0.240 e. The first-order valence-electron chi connectivity index (χ1n) is 7.71. The molecule has 0 aliphatic rings. The normalized spacial score (nSPS) is 12.0. The van der Waals surface area contributed by atoms with Gasteiger partial charge >= 0.3 is 0 Å². The third-order valence-electron chi connectivity index (χ3n) is 3.71. The largest absolute Gasteiger partial charge is 0.315 e. The summed E-state index contributed by atoms with van der Waals surface area (Å²) in [6.07, 6.45) is 1.62. The number of nitrogens with zero attached hydrogens (tertiary/aromatic N) is 4. The number of aromatic nitrogens is 3. The molecule has 0 aliphatic carbocycles. The molecule has 1 aromatic heterocycles. The van der Waals surface area contributed by atoms with Crippen LogP contribution in [0.5, 0.6) is 0 Å². The van der Waals surface area contributed by atoms with Crippen LogP contribution in [-0.4, -0.2) is 33.0 Å². The molecule has 0 bridgehead atoms. The summed E-state index contributed by atoms with van der Waals surface area (Å²) in [7, 11) is 1.77. The number of rotatable bonds is 5. The molecule has 0 radical (unpaired) electrons. The number of benzene rings is 2. The van der Waals surface area contributed by atoms with Gasteiger partial charge in [-0.05, 0) is 37.3 Å². The predicted octanol–water partition coefficient (Wildman–Crippen LogP) is 4.06. The molecular weight excluding hydrogens is 356 g/mol. The molecule has 0 saturated carbocycles. The van der Waals surface area contributed by atoms with Gasteiger partial charge in [0.2, 0.25) is 5.91 Å². The Morgan fingerprint density at radius 2 is 1.96 bits per heavy atom. The minimum absolute atomic E-state index is 0.00292. The van der Waals surface area contributed by atoms with Crippen LogP contribution >= 0.6 is 23.4 Å². The van der Waals surface area contributed by atoms with Gasteiger partial charge in [-0.25, -0.2) is 0 Å². The smallest absolute Gasteiger partial charge is 0.240 e. The van der Waals surface area contributed by atoms with E-state index in [0.29, 0.717) is 10.2 Å². The molecule has 0 aliphatic heterocycles. The summed E-state index contributed by atoms with van der Waals surface area (Å²) in [4.78, 5) is 14.3. The summed E-state index contributed by atoms with van der Waals surface area (Å²) in [6.45, 7) is 1.86. The van der Waals surface area contributed by atoms with E-state index in [1.165, 1.54) is 11.8 Å². The van der Waals surface area contributed by atoms with Crippen molar-refractivity contribution in [3.63, 3.8) is 0 Å². The third kappa shape index (κ3) is 4.03. The van der Waals surface area contributed by atoms with E-state index in [1.807, 2.05) is 66.1 Å². The van der Waals surface area contributed by atoms with Crippen LogP contribution in [-0.2, 0) is 4.79 Å². The molecule has 1 amide bonds. The Labute approximate surface area is 155 Å². The van der Waals surface area contributed by atoms with Crippen LogP contribution in [0.15, 0.2) is 66.1 Å². The van der Waals surface area contributed by atoms with Crippen molar-refractivity contribution in [1.29, 1.82) is 0 Å². The Morgan fingerprint density at radius 1 is 1.20 bits per heavy atom. The number of anilines is 1. The molecule has 1 atom stereocenters. The molecule has 25 heavy (non-hydrogen) atoms. The molecule has 0 N–H and O–H groups in total. The second-order valence-corrected chi connectivity index (χ2v) is 7.20. The lowest BCUT2D eigenvalue weighted by Crippen LogP contribution is -2.33. The Bertz CT molecular complexity index is 868. The van der Waals surface area contributed by atoms with Gasteiger partial charge in [-0.1, -0.05) is 47.6 Å². The van der Waals surface area contributed by atoms with Crippen molar-refractivity contribution in [2.24, 2.45) is 0 Å². The van der Waals surface area contributed by atoms with E-state index in [0.717, 1.165) is 11.4 Å². The number of halogens is 1. The number of carbonyl (C=O) groups is 1. The van der Waals surface area contributed by atoms with Gasteiger partial charge in [-0.15, -0.1) is 10.2 Å². The number of hydrogen-bond donors (Lipinski definition) is 0. The lowest BCUT2D eigenvalue weighted by atomic mass is 10.3. The van der Waals surface area contributed by atoms with Gasteiger partial charge in [0.25, 0.3) is 0 Å². The van der Waals surface area contributed by atoms with E-state index in [9.17, 15) is 4.79 Å². The Hall–Kier alpha value is -2.31.